The Bertz CT molecular complexity index is 1250. The highest BCUT2D eigenvalue weighted by atomic mass is 35.5. The molecule has 0 bridgehead atoms. The summed E-state index contributed by atoms with van der Waals surface area (Å²) in [6.45, 7) is 1.05. The minimum atomic E-state index is -0.467. The van der Waals surface area contributed by atoms with Crippen LogP contribution in [0.15, 0.2) is 47.0 Å². The van der Waals surface area contributed by atoms with Gasteiger partial charge in [-0.2, -0.15) is 0 Å². The monoisotopic (exact) mass is 467 g/mol. The van der Waals surface area contributed by atoms with E-state index in [-0.39, 0.29) is 35.6 Å². The SMILES string of the molecule is COc1cc(/C(O)=C2\C(=O)Nc3cc(Cl)c(-c4ccc(N5CCC[C@H]5CO)cc4)cc32)on1. The predicted octanol–water partition coefficient (Wildman–Crippen LogP) is 4.34. The van der Waals surface area contributed by atoms with Crippen molar-refractivity contribution >= 4 is 40.2 Å². The Hall–Kier alpha value is -3.49. The number of aliphatic hydroxyl groups is 2. The molecule has 8 nitrogen and oxygen atoms in total. The van der Waals surface area contributed by atoms with Gasteiger partial charge in [-0.25, -0.2) is 0 Å². The number of amides is 1. The summed E-state index contributed by atoms with van der Waals surface area (Å²) in [7, 11) is 1.43. The largest absolute Gasteiger partial charge is 0.504 e. The zero-order valence-corrected chi connectivity index (χ0v) is 18.6. The fourth-order valence-corrected chi connectivity index (χ4v) is 4.71. The highest BCUT2D eigenvalue weighted by Crippen LogP contribution is 2.42. The van der Waals surface area contributed by atoms with Crippen LogP contribution in [0.3, 0.4) is 0 Å². The van der Waals surface area contributed by atoms with Crippen molar-refractivity contribution in [2.45, 2.75) is 18.9 Å². The molecule has 0 aliphatic carbocycles. The molecule has 1 amide bonds. The van der Waals surface area contributed by atoms with Crippen molar-refractivity contribution in [3.63, 3.8) is 0 Å². The number of carbonyl (C=O) groups excluding carboxylic acids is 1. The number of halogens is 1. The third kappa shape index (κ3) is 3.71. The van der Waals surface area contributed by atoms with Gasteiger partial charge < -0.3 is 29.7 Å². The number of rotatable bonds is 5. The number of fused-ring (bicyclic) bond motifs is 1. The van der Waals surface area contributed by atoms with Gasteiger partial charge in [0, 0.05) is 23.4 Å². The van der Waals surface area contributed by atoms with Gasteiger partial charge >= 0.3 is 0 Å². The fourth-order valence-electron chi connectivity index (χ4n) is 4.43. The molecule has 2 aliphatic heterocycles. The quantitative estimate of drug-likeness (QED) is 0.378. The summed E-state index contributed by atoms with van der Waals surface area (Å²) in [5.74, 6) is -0.593. The lowest BCUT2D eigenvalue weighted by Gasteiger charge is -2.25. The Morgan fingerprint density at radius 2 is 2.06 bits per heavy atom. The standard InChI is InChI=1S/C24H22ClN3O5/c1-32-21-11-20(33-27-21)23(30)22-17-9-16(18(25)10-19(17)26-24(22)31)13-4-6-14(7-5-13)28-8-2-3-15(28)12-29/h4-7,9-11,15,29-30H,2-3,8,12H2,1H3,(H,26,31)/b23-22+/t15-/m0/s1. The van der Waals surface area contributed by atoms with E-state index in [1.165, 1.54) is 13.2 Å². The molecule has 170 valence electrons. The maximum Gasteiger partial charge on any atom is 0.260 e. The Balaban J connectivity index is 1.53. The van der Waals surface area contributed by atoms with Crippen LogP contribution in [0, 0.1) is 0 Å². The summed E-state index contributed by atoms with van der Waals surface area (Å²) in [4.78, 5) is 14.9. The maximum atomic E-state index is 12.6. The molecule has 0 unspecified atom stereocenters. The first-order valence-corrected chi connectivity index (χ1v) is 11.0. The van der Waals surface area contributed by atoms with Crippen LogP contribution in [0.25, 0.3) is 22.5 Å². The molecule has 0 spiro atoms. The Kier molecular flexibility index (Phi) is 5.47. The number of aromatic nitrogens is 1. The van der Waals surface area contributed by atoms with Gasteiger partial charge in [0.2, 0.25) is 5.76 Å². The smallest absolute Gasteiger partial charge is 0.260 e. The second-order valence-corrected chi connectivity index (χ2v) is 8.41. The number of hydrogen-bond donors (Lipinski definition) is 3. The first-order valence-electron chi connectivity index (χ1n) is 10.6. The van der Waals surface area contributed by atoms with Gasteiger partial charge in [0.15, 0.2) is 5.76 Å². The van der Waals surface area contributed by atoms with Crippen LogP contribution >= 0.6 is 11.6 Å². The summed E-state index contributed by atoms with van der Waals surface area (Å²) in [6, 6.07) is 12.9. The van der Waals surface area contributed by atoms with Gasteiger partial charge in [-0.15, -0.1) is 0 Å². The number of aliphatic hydroxyl groups excluding tert-OH is 2. The predicted molar refractivity (Wildman–Crippen MR) is 125 cm³/mol. The zero-order chi connectivity index (χ0) is 23.1. The highest BCUT2D eigenvalue weighted by molar-refractivity contribution is 6.38. The number of benzene rings is 2. The van der Waals surface area contributed by atoms with Gasteiger partial charge in [-0.05, 0) is 47.8 Å². The molecule has 1 atom stereocenters. The van der Waals surface area contributed by atoms with E-state index in [0.29, 0.717) is 16.3 Å². The van der Waals surface area contributed by atoms with Gasteiger partial charge in [0.05, 0.1) is 42.1 Å². The van der Waals surface area contributed by atoms with E-state index in [0.717, 1.165) is 36.2 Å². The molecule has 5 rings (SSSR count). The number of anilines is 2. The molecule has 0 saturated carbocycles. The van der Waals surface area contributed by atoms with Crippen LogP contribution in [0.2, 0.25) is 5.02 Å². The fraction of sp³-hybridized carbons (Fsp3) is 0.250. The number of nitrogens with one attached hydrogen (secondary N) is 1. The van der Waals surface area contributed by atoms with Crippen LogP contribution in [-0.2, 0) is 4.79 Å². The molecule has 1 aromatic heterocycles. The van der Waals surface area contributed by atoms with Gasteiger partial charge in [-0.3, -0.25) is 4.79 Å². The normalized spacial score (nSPS) is 18.9. The van der Waals surface area contributed by atoms with E-state index >= 15 is 0 Å². The minimum Gasteiger partial charge on any atom is -0.504 e. The van der Waals surface area contributed by atoms with Crippen molar-refractivity contribution in [3.8, 4) is 17.0 Å². The summed E-state index contributed by atoms with van der Waals surface area (Å²) < 4.78 is 10.1. The van der Waals surface area contributed by atoms with E-state index in [9.17, 15) is 15.0 Å². The number of nitrogens with zero attached hydrogens (tertiary/aromatic N) is 2. The molecule has 1 fully saturated rings. The molecular weight excluding hydrogens is 446 g/mol. The molecular formula is C24H22ClN3O5. The van der Waals surface area contributed by atoms with Gasteiger partial charge in [0.1, 0.15) is 0 Å². The molecule has 0 radical (unpaired) electrons. The van der Waals surface area contributed by atoms with Crippen molar-refractivity contribution in [1.82, 2.24) is 5.16 Å². The number of carbonyl (C=O) groups is 1. The third-order valence-corrected chi connectivity index (χ3v) is 6.43. The number of methoxy groups -OCH3 is 1. The molecule has 2 aliphatic rings. The van der Waals surface area contributed by atoms with Crippen LogP contribution in [0.5, 0.6) is 5.88 Å². The first kappa shape index (κ1) is 21.4. The third-order valence-electron chi connectivity index (χ3n) is 6.12. The lowest BCUT2D eigenvalue weighted by molar-refractivity contribution is -0.110. The second-order valence-electron chi connectivity index (χ2n) is 8.01. The van der Waals surface area contributed by atoms with Crippen molar-refractivity contribution in [1.29, 1.82) is 0 Å². The summed E-state index contributed by atoms with van der Waals surface area (Å²) in [5, 5.41) is 27.2. The molecule has 3 heterocycles. The van der Waals surface area contributed by atoms with Crippen molar-refractivity contribution in [2.75, 3.05) is 30.5 Å². The van der Waals surface area contributed by atoms with E-state index in [1.54, 1.807) is 12.1 Å². The minimum absolute atomic E-state index is 0.0229. The van der Waals surface area contributed by atoms with Crippen LogP contribution in [0.1, 0.15) is 24.2 Å². The van der Waals surface area contributed by atoms with Crippen molar-refractivity contribution < 1.29 is 24.3 Å². The number of hydrogen-bond acceptors (Lipinski definition) is 7. The Labute approximate surface area is 195 Å². The zero-order valence-electron chi connectivity index (χ0n) is 17.8. The lowest BCUT2D eigenvalue weighted by atomic mass is 9.98. The Morgan fingerprint density at radius 3 is 2.76 bits per heavy atom. The first-order chi connectivity index (χ1) is 16.0. The van der Waals surface area contributed by atoms with Crippen LogP contribution in [0.4, 0.5) is 11.4 Å². The van der Waals surface area contributed by atoms with Gasteiger partial charge in [0.25, 0.3) is 11.8 Å². The van der Waals surface area contributed by atoms with E-state index in [2.05, 4.69) is 15.4 Å². The number of ether oxygens (including phenoxy) is 1. The summed E-state index contributed by atoms with van der Waals surface area (Å²) >= 11 is 6.55. The molecule has 3 N–H and O–H groups in total. The summed E-state index contributed by atoms with van der Waals surface area (Å²) in [5.41, 5.74) is 3.71. The average Bonchev–Trinajstić information content (AvgIpc) is 3.56. The van der Waals surface area contributed by atoms with Crippen LogP contribution < -0.4 is 15.0 Å². The van der Waals surface area contributed by atoms with Crippen molar-refractivity contribution in [2.24, 2.45) is 0 Å². The van der Waals surface area contributed by atoms with Gasteiger partial charge in [-0.1, -0.05) is 23.7 Å². The average molecular weight is 468 g/mol. The maximum absolute atomic E-state index is 12.6. The van der Waals surface area contributed by atoms with E-state index < -0.39 is 5.91 Å². The van der Waals surface area contributed by atoms with E-state index in [1.807, 2.05) is 24.3 Å². The molecule has 1 saturated heterocycles. The molecule has 2 aromatic carbocycles. The topological polar surface area (TPSA) is 108 Å². The molecule has 9 heteroatoms. The van der Waals surface area contributed by atoms with Crippen molar-refractivity contribution in [3.05, 3.63) is 58.8 Å². The second kappa shape index (κ2) is 8.46. The Morgan fingerprint density at radius 1 is 1.27 bits per heavy atom. The molecule has 33 heavy (non-hydrogen) atoms. The van der Waals surface area contributed by atoms with Crippen LogP contribution in [-0.4, -0.2) is 47.6 Å². The lowest BCUT2D eigenvalue weighted by Crippen LogP contribution is -2.31. The van der Waals surface area contributed by atoms with E-state index in [4.69, 9.17) is 20.9 Å². The molecule has 3 aromatic rings. The summed E-state index contributed by atoms with van der Waals surface area (Å²) in [6.07, 6.45) is 2.03. The highest BCUT2D eigenvalue weighted by Gasteiger charge is 2.31.